The number of hydrogen-bond donors (Lipinski definition) is 0. The first-order valence-electron chi connectivity index (χ1n) is 3.99. The first kappa shape index (κ1) is 9.80. The van der Waals surface area contributed by atoms with Crippen LogP contribution in [0.25, 0.3) is 11.1 Å². The average Bonchev–Trinajstić information content (AvgIpc) is 2.18. The van der Waals surface area contributed by atoms with Gasteiger partial charge < -0.3 is 0 Å². The Morgan fingerprint density at radius 3 is 2.00 bits per heavy atom. The quantitative estimate of drug-likeness (QED) is 0.751. The van der Waals surface area contributed by atoms with Crippen molar-refractivity contribution >= 4 is 31.9 Å². The van der Waals surface area contributed by atoms with Crippen molar-refractivity contribution in [2.24, 2.45) is 0 Å². The van der Waals surface area contributed by atoms with Gasteiger partial charge in [-0.3, -0.25) is 4.98 Å². The standard InChI is InChI=1S/C10H6Br2N2/c11-9-5-8(6-10(12)14-9)7-1-3-13-4-2-7/h1-6H. The Bertz CT molecular complexity index is 423. The molecule has 2 nitrogen and oxygen atoms in total. The zero-order chi connectivity index (χ0) is 9.97. The number of nitrogens with zero attached hydrogens (tertiary/aromatic N) is 2. The van der Waals surface area contributed by atoms with Crippen LogP contribution in [0.1, 0.15) is 0 Å². The molecule has 70 valence electrons. The number of pyridine rings is 2. The summed E-state index contributed by atoms with van der Waals surface area (Å²) in [6.45, 7) is 0. The summed E-state index contributed by atoms with van der Waals surface area (Å²) in [5.41, 5.74) is 2.24. The maximum Gasteiger partial charge on any atom is 0.108 e. The van der Waals surface area contributed by atoms with Crippen LogP contribution in [0.15, 0.2) is 45.9 Å². The summed E-state index contributed by atoms with van der Waals surface area (Å²) in [6, 6.07) is 7.88. The van der Waals surface area contributed by atoms with E-state index in [9.17, 15) is 0 Å². The largest absolute Gasteiger partial charge is 0.265 e. The molecule has 0 bridgehead atoms. The molecule has 0 fully saturated rings. The molecule has 0 aliphatic rings. The molecular formula is C10H6Br2N2. The molecule has 0 radical (unpaired) electrons. The van der Waals surface area contributed by atoms with Crippen molar-refractivity contribution in [2.75, 3.05) is 0 Å². The fraction of sp³-hybridized carbons (Fsp3) is 0. The van der Waals surface area contributed by atoms with Gasteiger partial charge in [-0.1, -0.05) is 0 Å². The molecule has 0 saturated heterocycles. The summed E-state index contributed by atoms with van der Waals surface area (Å²) in [4.78, 5) is 8.15. The SMILES string of the molecule is Brc1cc(-c2ccncc2)cc(Br)n1. The molecule has 0 aromatic carbocycles. The minimum Gasteiger partial charge on any atom is -0.265 e. The lowest BCUT2D eigenvalue weighted by atomic mass is 10.1. The Labute approximate surface area is 98.7 Å². The van der Waals surface area contributed by atoms with Crippen molar-refractivity contribution in [3.05, 3.63) is 45.9 Å². The van der Waals surface area contributed by atoms with E-state index < -0.39 is 0 Å². The highest BCUT2D eigenvalue weighted by Crippen LogP contribution is 2.24. The number of halogens is 2. The van der Waals surface area contributed by atoms with Gasteiger partial charge in [0.15, 0.2) is 0 Å². The molecule has 0 atom stereocenters. The maximum absolute atomic E-state index is 4.18. The van der Waals surface area contributed by atoms with Gasteiger partial charge in [-0.05, 0) is 67.3 Å². The van der Waals surface area contributed by atoms with Crippen molar-refractivity contribution in [3.8, 4) is 11.1 Å². The Morgan fingerprint density at radius 1 is 0.857 bits per heavy atom. The van der Waals surface area contributed by atoms with Crippen LogP contribution in [0.4, 0.5) is 0 Å². The van der Waals surface area contributed by atoms with Crippen LogP contribution in [0.5, 0.6) is 0 Å². The Kier molecular flexibility index (Phi) is 2.93. The molecule has 2 heterocycles. The molecule has 0 saturated carbocycles. The normalized spacial score (nSPS) is 10.1. The van der Waals surface area contributed by atoms with Crippen LogP contribution >= 0.6 is 31.9 Å². The minimum absolute atomic E-state index is 0.818. The predicted octanol–water partition coefficient (Wildman–Crippen LogP) is 3.67. The highest BCUT2D eigenvalue weighted by Gasteiger charge is 2.00. The second kappa shape index (κ2) is 4.19. The molecule has 0 aliphatic carbocycles. The third kappa shape index (κ3) is 2.19. The van der Waals surface area contributed by atoms with Crippen molar-refractivity contribution in [2.45, 2.75) is 0 Å². The highest BCUT2D eigenvalue weighted by atomic mass is 79.9. The number of aromatic nitrogens is 2. The van der Waals surface area contributed by atoms with Gasteiger partial charge in [0.25, 0.3) is 0 Å². The van der Waals surface area contributed by atoms with E-state index >= 15 is 0 Å². The Hall–Kier alpha value is -0.740. The first-order chi connectivity index (χ1) is 6.75. The van der Waals surface area contributed by atoms with E-state index in [0.717, 1.165) is 20.3 Å². The van der Waals surface area contributed by atoms with Gasteiger partial charge in [0, 0.05) is 12.4 Å². The van der Waals surface area contributed by atoms with Gasteiger partial charge in [0.1, 0.15) is 9.21 Å². The molecule has 2 rings (SSSR count). The summed E-state index contributed by atoms with van der Waals surface area (Å²) < 4.78 is 1.64. The van der Waals surface area contributed by atoms with E-state index in [1.54, 1.807) is 12.4 Å². The summed E-state index contributed by atoms with van der Waals surface area (Å²) in [6.07, 6.45) is 3.55. The topological polar surface area (TPSA) is 25.8 Å². The van der Waals surface area contributed by atoms with E-state index in [0.29, 0.717) is 0 Å². The second-order valence-corrected chi connectivity index (χ2v) is 4.36. The van der Waals surface area contributed by atoms with E-state index in [4.69, 9.17) is 0 Å². The minimum atomic E-state index is 0.818. The third-order valence-electron chi connectivity index (χ3n) is 1.78. The van der Waals surface area contributed by atoms with Crippen LogP contribution in [-0.2, 0) is 0 Å². The number of rotatable bonds is 1. The van der Waals surface area contributed by atoms with Gasteiger partial charge in [-0.2, -0.15) is 0 Å². The molecule has 2 aromatic rings. The lowest BCUT2D eigenvalue weighted by molar-refractivity contribution is 1.23. The molecular weight excluding hydrogens is 308 g/mol. The molecule has 0 amide bonds. The van der Waals surface area contributed by atoms with Crippen molar-refractivity contribution < 1.29 is 0 Å². The van der Waals surface area contributed by atoms with E-state index in [-0.39, 0.29) is 0 Å². The fourth-order valence-corrected chi connectivity index (χ4v) is 2.29. The molecule has 0 spiro atoms. The van der Waals surface area contributed by atoms with Crippen molar-refractivity contribution in [1.29, 1.82) is 0 Å². The molecule has 2 aromatic heterocycles. The maximum atomic E-state index is 4.18. The van der Waals surface area contributed by atoms with Crippen molar-refractivity contribution in [1.82, 2.24) is 9.97 Å². The van der Waals surface area contributed by atoms with E-state index in [2.05, 4.69) is 41.8 Å². The molecule has 0 unspecified atom stereocenters. The zero-order valence-electron chi connectivity index (χ0n) is 7.11. The first-order valence-corrected chi connectivity index (χ1v) is 5.58. The lowest BCUT2D eigenvalue weighted by Crippen LogP contribution is -1.82. The molecule has 14 heavy (non-hydrogen) atoms. The van der Waals surface area contributed by atoms with Crippen molar-refractivity contribution in [3.63, 3.8) is 0 Å². The monoisotopic (exact) mass is 312 g/mol. The van der Waals surface area contributed by atoms with Gasteiger partial charge in [0.05, 0.1) is 0 Å². The van der Waals surface area contributed by atoms with Crippen LogP contribution in [-0.4, -0.2) is 9.97 Å². The van der Waals surface area contributed by atoms with Gasteiger partial charge in [0.2, 0.25) is 0 Å². The second-order valence-electron chi connectivity index (χ2n) is 2.74. The van der Waals surface area contributed by atoms with Crippen LogP contribution in [0.3, 0.4) is 0 Å². The summed E-state index contributed by atoms with van der Waals surface area (Å²) in [5.74, 6) is 0. The molecule has 0 aliphatic heterocycles. The fourth-order valence-electron chi connectivity index (χ4n) is 1.18. The highest BCUT2D eigenvalue weighted by molar-refractivity contribution is 9.11. The van der Waals surface area contributed by atoms with Crippen LogP contribution < -0.4 is 0 Å². The number of hydrogen-bond acceptors (Lipinski definition) is 2. The smallest absolute Gasteiger partial charge is 0.108 e. The molecule has 0 N–H and O–H groups in total. The predicted molar refractivity (Wildman–Crippen MR) is 62.9 cm³/mol. The lowest BCUT2D eigenvalue weighted by Gasteiger charge is -2.01. The van der Waals surface area contributed by atoms with Gasteiger partial charge in [-0.25, -0.2) is 4.98 Å². The van der Waals surface area contributed by atoms with Crippen LogP contribution in [0.2, 0.25) is 0 Å². The Balaban J connectivity index is 2.52. The summed E-state index contributed by atoms with van der Waals surface area (Å²) >= 11 is 6.71. The Morgan fingerprint density at radius 2 is 1.43 bits per heavy atom. The summed E-state index contributed by atoms with van der Waals surface area (Å²) in [5, 5.41) is 0. The van der Waals surface area contributed by atoms with Gasteiger partial charge >= 0.3 is 0 Å². The van der Waals surface area contributed by atoms with E-state index in [1.165, 1.54) is 0 Å². The molecule has 4 heteroatoms. The van der Waals surface area contributed by atoms with E-state index in [1.807, 2.05) is 24.3 Å². The third-order valence-corrected chi connectivity index (χ3v) is 2.59. The summed E-state index contributed by atoms with van der Waals surface area (Å²) in [7, 11) is 0. The average molecular weight is 314 g/mol. The zero-order valence-corrected chi connectivity index (χ0v) is 10.3. The van der Waals surface area contributed by atoms with Gasteiger partial charge in [-0.15, -0.1) is 0 Å². The van der Waals surface area contributed by atoms with Crippen LogP contribution in [0, 0.1) is 0 Å².